The highest BCUT2D eigenvalue weighted by Gasteiger charge is 2.20. The molecule has 0 aliphatic heterocycles. The minimum atomic E-state index is -4.03. The van der Waals surface area contributed by atoms with Crippen LogP contribution in [0.1, 0.15) is 26.7 Å². The van der Waals surface area contributed by atoms with E-state index in [1.807, 2.05) is 0 Å². The van der Waals surface area contributed by atoms with E-state index in [9.17, 15) is 4.57 Å². The fraction of sp³-hybridized carbons (Fsp3) is 1.00. The summed E-state index contributed by atoms with van der Waals surface area (Å²) < 4.78 is 20.3. The van der Waals surface area contributed by atoms with Gasteiger partial charge in [-0.05, 0) is 26.7 Å². The van der Waals surface area contributed by atoms with Gasteiger partial charge in [-0.1, -0.05) is 0 Å². The number of phosphoric acid groups is 1. The first-order valence-corrected chi connectivity index (χ1v) is 6.31. The van der Waals surface area contributed by atoms with Crippen LogP contribution in [0.15, 0.2) is 0 Å². The van der Waals surface area contributed by atoms with Gasteiger partial charge in [0.15, 0.2) is 0 Å². The Morgan fingerprint density at radius 1 is 1.07 bits per heavy atom. The topological polar surface area (TPSA) is 96.2 Å². The lowest BCUT2D eigenvalue weighted by Gasteiger charge is -2.13. The zero-order valence-electron chi connectivity index (χ0n) is 9.00. The molecular weight excluding hydrogens is 223 g/mol. The highest BCUT2D eigenvalue weighted by atomic mass is 31.2. The Kier molecular flexibility index (Phi) is 7.34. The summed E-state index contributed by atoms with van der Waals surface area (Å²) in [5.41, 5.74) is 0. The highest BCUT2D eigenvalue weighted by molar-refractivity contribution is 7.47. The van der Waals surface area contributed by atoms with E-state index >= 15 is 0 Å². The van der Waals surface area contributed by atoms with Gasteiger partial charge in [-0.15, -0.1) is 0 Å². The smallest absolute Gasteiger partial charge is 0.393 e. The first-order valence-electron chi connectivity index (χ1n) is 4.81. The maximum absolute atomic E-state index is 11.1. The van der Waals surface area contributed by atoms with Crippen LogP contribution in [-0.4, -0.2) is 40.5 Å². The molecule has 7 heteroatoms. The van der Waals surface area contributed by atoms with Crippen molar-refractivity contribution in [3.05, 3.63) is 0 Å². The Bertz CT molecular complexity index is 187. The summed E-state index contributed by atoms with van der Waals surface area (Å²) in [6.45, 7) is 3.03. The summed E-state index contributed by atoms with van der Waals surface area (Å²) in [7, 11) is -4.03. The molecule has 6 nitrogen and oxygen atoms in total. The van der Waals surface area contributed by atoms with Crippen molar-refractivity contribution in [2.75, 3.05) is 13.2 Å². The first-order chi connectivity index (χ1) is 6.83. The third-order valence-corrected chi connectivity index (χ3v) is 2.60. The van der Waals surface area contributed by atoms with E-state index in [0.29, 0.717) is 0 Å². The minimum absolute atomic E-state index is 0.0415. The molecule has 0 aliphatic carbocycles. The van der Waals surface area contributed by atoms with Gasteiger partial charge >= 0.3 is 7.82 Å². The van der Waals surface area contributed by atoms with Gasteiger partial charge in [0.1, 0.15) is 0 Å². The van der Waals surface area contributed by atoms with E-state index in [4.69, 9.17) is 15.1 Å². The summed E-state index contributed by atoms with van der Waals surface area (Å²) >= 11 is 0. The molecule has 0 amide bonds. The second-order valence-corrected chi connectivity index (χ2v) is 4.86. The predicted octanol–water partition coefficient (Wildman–Crippen LogP) is 0.662. The highest BCUT2D eigenvalue weighted by Crippen LogP contribution is 2.43. The zero-order chi connectivity index (χ0) is 11.9. The lowest BCUT2D eigenvalue weighted by Crippen LogP contribution is -2.08. The molecule has 2 unspecified atom stereocenters. The van der Waals surface area contributed by atoms with Gasteiger partial charge in [0.2, 0.25) is 0 Å². The van der Waals surface area contributed by atoms with Gasteiger partial charge in [0.05, 0.1) is 25.4 Å². The van der Waals surface area contributed by atoms with Crippen molar-refractivity contribution in [2.24, 2.45) is 0 Å². The molecule has 3 N–H and O–H groups in total. The van der Waals surface area contributed by atoms with Crippen LogP contribution in [0.5, 0.6) is 0 Å². The molecule has 0 saturated carbocycles. The average molecular weight is 242 g/mol. The summed E-state index contributed by atoms with van der Waals surface area (Å²) in [6, 6.07) is 0. The van der Waals surface area contributed by atoms with E-state index in [1.165, 1.54) is 0 Å². The molecule has 0 rings (SSSR count). The molecule has 92 valence electrons. The van der Waals surface area contributed by atoms with E-state index in [0.717, 1.165) is 0 Å². The van der Waals surface area contributed by atoms with Gasteiger partial charge in [-0.3, -0.25) is 9.05 Å². The van der Waals surface area contributed by atoms with E-state index < -0.39 is 20.0 Å². The number of hydrogen-bond acceptors (Lipinski definition) is 5. The number of aliphatic hydroxyl groups is 2. The van der Waals surface area contributed by atoms with Crippen LogP contribution in [0, 0.1) is 0 Å². The van der Waals surface area contributed by atoms with Crippen molar-refractivity contribution in [3.8, 4) is 0 Å². The minimum Gasteiger partial charge on any atom is -0.393 e. The molecule has 0 saturated heterocycles. The largest absolute Gasteiger partial charge is 0.472 e. The fourth-order valence-corrected chi connectivity index (χ4v) is 1.46. The molecule has 15 heavy (non-hydrogen) atoms. The Morgan fingerprint density at radius 3 is 1.67 bits per heavy atom. The predicted molar refractivity (Wildman–Crippen MR) is 54.3 cm³/mol. The van der Waals surface area contributed by atoms with Crippen LogP contribution in [0.25, 0.3) is 0 Å². The quantitative estimate of drug-likeness (QED) is 0.541. The molecule has 0 spiro atoms. The Balaban J connectivity index is 3.63. The number of hydrogen-bond donors (Lipinski definition) is 3. The van der Waals surface area contributed by atoms with Crippen LogP contribution in [0.3, 0.4) is 0 Å². The number of aliphatic hydroxyl groups excluding tert-OH is 2. The number of rotatable bonds is 8. The lowest BCUT2D eigenvalue weighted by atomic mass is 10.3. The van der Waals surface area contributed by atoms with Crippen molar-refractivity contribution < 1.29 is 28.7 Å². The first kappa shape index (κ1) is 15.0. The van der Waals surface area contributed by atoms with Crippen molar-refractivity contribution in [2.45, 2.75) is 38.9 Å². The molecule has 0 fully saturated rings. The van der Waals surface area contributed by atoms with Crippen molar-refractivity contribution in [1.29, 1.82) is 0 Å². The van der Waals surface area contributed by atoms with Gasteiger partial charge in [0, 0.05) is 0 Å². The Hall–Kier alpha value is 0.0300. The molecule has 0 aromatic heterocycles. The standard InChI is InChI=1S/C8H19O6P/c1-7(9)3-5-13-15(11,12)14-6-4-8(2)10/h7-10H,3-6H2,1-2H3,(H,11,12). The van der Waals surface area contributed by atoms with Crippen molar-refractivity contribution in [1.82, 2.24) is 0 Å². The van der Waals surface area contributed by atoms with Gasteiger partial charge < -0.3 is 15.1 Å². The molecule has 0 heterocycles. The fourth-order valence-electron chi connectivity index (χ4n) is 0.715. The third-order valence-electron chi connectivity index (χ3n) is 1.58. The molecular formula is C8H19O6P. The van der Waals surface area contributed by atoms with Gasteiger partial charge in [-0.25, -0.2) is 4.57 Å². The lowest BCUT2D eigenvalue weighted by molar-refractivity contribution is 0.103. The summed E-state index contributed by atoms with van der Waals surface area (Å²) in [5.74, 6) is 0. The molecule has 2 atom stereocenters. The zero-order valence-corrected chi connectivity index (χ0v) is 9.89. The molecule has 0 bridgehead atoms. The average Bonchev–Trinajstić information content (AvgIpc) is 2.01. The maximum atomic E-state index is 11.1. The second-order valence-electron chi connectivity index (χ2n) is 3.41. The molecule has 0 radical (unpaired) electrons. The number of phosphoric ester groups is 1. The van der Waals surface area contributed by atoms with E-state index in [2.05, 4.69) is 9.05 Å². The van der Waals surface area contributed by atoms with Crippen LogP contribution >= 0.6 is 7.82 Å². The van der Waals surface area contributed by atoms with E-state index in [-0.39, 0.29) is 26.1 Å². The van der Waals surface area contributed by atoms with Crippen LogP contribution < -0.4 is 0 Å². The molecule has 0 aliphatic rings. The van der Waals surface area contributed by atoms with Crippen LogP contribution in [0.2, 0.25) is 0 Å². The summed E-state index contributed by atoms with van der Waals surface area (Å²) in [4.78, 5) is 9.09. The van der Waals surface area contributed by atoms with Crippen LogP contribution in [-0.2, 0) is 13.6 Å². The SMILES string of the molecule is CC(O)CCOP(=O)(O)OCCC(C)O. The molecule has 0 aromatic carbocycles. The van der Waals surface area contributed by atoms with Gasteiger partial charge in [-0.2, -0.15) is 0 Å². The Morgan fingerprint density at radius 2 is 1.40 bits per heavy atom. The summed E-state index contributed by atoms with van der Waals surface area (Å²) in [6.07, 6.45) is -0.626. The monoisotopic (exact) mass is 242 g/mol. The maximum Gasteiger partial charge on any atom is 0.472 e. The van der Waals surface area contributed by atoms with Crippen LogP contribution in [0.4, 0.5) is 0 Å². The normalized spacial score (nSPS) is 19.5. The van der Waals surface area contributed by atoms with E-state index in [1.54, 1.807) is 13.8 Å². The third kappa shape index (κ3) is 10.3. The summed E-state index contributed by atoms with van der Waals surface area (Å²) in [5, 5.41) is 17.7. The Labute approximate surface area is 89.5 Å². The van der Waals surface area contributed by atoms with Crippen molar-refractivity contribution >= 4 is 7.82 Å². The second kappa shape index (κ2) is 7.33. The van der Waals surface area contributed by atoms with Gasteiger partial charge in [0.25, 0.3) is 0 Å². The molecule has 0 aromatic rings. The van der Waals surface area contributed by atoms with Crippen molar-refractivity contribution in [3.63, 3.8) is 0 Å².